The zero-order valence-corrected chi connectivity index (χ0v) is 49.6. The van der Waals surface area contributed by atoms with Crippen molar-refractivity contribution in [3.05, 3.63) is 85.1 Å². The fourth-order valence-electron chi connectivity index (χ4n) is 9.09. The molecule has 0 N–H and O–H groups in total. The molecule has 0 aliphatic rings. The van der Waals surface area contributed by atoms with E-state index in [9.17, 15) is 14.4 Å². The maximum Gasteiger partial charge on any atom is 0.306 e. The van der Waals surface area contributed by atoms with Crippen LogP contribution in [0, 0.1) is 0 Å². The van der Waals surface area contributed by atoms with Gasteiger partial charge in [0, 0.05) is 19.3 Å². The second kappa shape index (κ2) is 63.1. The molecular weight excluding hydrogens is 925 g/mol. The van der Waals surface area contributed by atoms with Crippen molar-refractivity contribution in [3.8, 4) is 0 Å². The van der Waals surface area contributed by atoms with Gasteiger partial charge in [0.2, 0.25) is 0 Å². The number of carbonyl (C=O) groups excluding carboxylic acids is 3. The van der Waals surface area contributed by atoms with Crippen LogP contribution < -0.4 is 0 Å². The maximum atomic E-state index is 12.9. The molecular formula is C69H120O6. The Morgan fingerprint density at radius 2 is 0.520 bits per heavy atom. The highest BCUT2D eigenvalue weighted by Gasteiger charge is 2.19. The molecule has 0 radical (unpaired) electrons. The highest BCUT2D eigenvalue weighted by Crippen LogP contribution is 2.16. The lowest BCUT2D eigenvalue weighted by atomic mass is 10.0. The molecule has 0 amide bonds. The molecule has 0 aliphatic carbocycles. The van der Waals surface area contributed by atoms with Crippen LogP contribution in [0.4, 0.5) is 0 Å². The lowest BCUT2D eigenvalue weighted by molar-refractivity contribution is -0.167. The number of esters is 3. The number of hydrogen-bond donors (Lipinski definition) is 0. The Bertz CT molecular complexity index is 1430. The fourth-order valence-corrected chi connectivity index (χ4v) is 9.09. The van der Waals surface area contributed by atoms with Crippen LogP contribution in [0.5, 0.6) is 0 Å². The van der Waals surface area contributed by atoms with Gasteiger partial charge in [-0.2, -0.15) is 0 Å². The molecule has 0 heterocycles. The van der Waals surface area contributed by atoms with Crippen molar-refractivity contribution in [1.29, 1.82) is 0 Å². The van der Waals surface area contributed by atoms with Crippen LogP contribution in [0.3, 0.4) is 0 Å². The lowest BCUT2D eigenvalue weighted by Crippen LogP contribution is -2.30. The van der Waals surface area contributed by atoms with Crippen molar-refractivity contribution in [2.75, 3.05) is 13.2 Å². The van der Waals surface area contributed by atoms with Crippen LogP contribution in [-0.2, 0) is 28.6 Å². The third-order valence-corrected chi connectivity index (χ3v) is 13.9. The molecule has 0 rings (SSSR count). The van der Waals surface area contributed by atoms with Crippen molar-refractivity contribution in [3.63, 3.8) is 0 Å². The van der Waals surface area contributed by atoms with Crippen molar-refractivity contribution >= 4 is 17.9 Å². The Kier molecular flexibility index (Phi) is 60.3. The topological polar surface area (TPSA) is 78.9 Å². The average Bonchev–Trinajstić information content (AvgIpc) is 3.41. The molecule has 6 heteroatoms. The third-order valence-electron chi connectivity index (χ3n) is 13.9. The summed E-state index contributed by atoms with van der Waals surface area (Å²) >= 11 is 0. The smallest absolute Gasteiger partial charge is 0.306 e. The molecule has 0 fully saturated rings. The Hall–Kier alpha value is -3.41. The van der Waals surface area contributed by atoms with Crippen LogP contribution >= 0.6 is 0 Å². The summed E-state index contributed by atoms with van der Waals surface area (Å²) in [5, 5.41) is 0. The van der Waals surface area contributed by atoms with Gasteiger partial charge in [0.05, 0.1) is 0 Å². The first-order chi connectivity index (χ1) is 37.0. The minimum atomic E-state index is -0.786. The van der Waals surface area contributed by atoms with Crippen LogP contribution in [0.25, 0.3) is 0 Å². The standard InChI is InChI=1S/C69H120O6/c1-4-7-10-13-16-19-22-25-28-31-33-34-35-36-37-39-41-44-47-50-53-56-59-62-68(71)74-65-66(64-73-67(70)61-58-55-52-49-46-43-40-30-27-24-21-18-15-12-9-6-3)75-69(72)63-60-57-54-51-48-45-42-38-32-29-26-23-20-17-14-11-8-5-2/h7,10,16,19-20,23,25,28-29,32-34,36-37,66H,4-6,8-9,11-15,17-18,21-22,24,26-27,30-31,35,38-65H2,1-3H3/b10-7-,19-16-,23-20-,28-25-,32-29-,34-33-,37-36-. The molecule has 0 aromatic heterocycles. The van der Waals surface area contributed by atoms with E-state index in [4.69, 9.17) is 14.2 Å². The molecule has 0 bridgehead atoms. The quantitative estimate of drug-likeness (QED) is 0.0261. The van der Waals surface area contributed by atoms with E-state index >= 15 is 0 Å². The number of carbonyl (C=O) groups is 3. The van der Waals surface area contributed by atoms with Gasteiger partial charge in [0.15, 0.2) is 6.10 Å². The van der Waals surface area contributed by atoms with Crippen LogP contribution in [0.2, 0.25) is 0 Å². The minimum absolute atomic E-state index is 0.0806. The average molecular weight is 1050 g/mol. The van der Waals surface area contributed by atoms with Crippen molar-refractivity contribution in [2.45, 2.75) is 322 Å². The normalized spacial score (nSPS) is 12.6. The van der Waals surface area contributed by atoms with Gasteiger partial charge in [-0.1, -0.05) is 286 Å². The largest absolute Gasteiger partial charge is 0.462 e. The van der Waals surface area contributed by atoms with Gasteiger partial charge in [-0.3, -0.25) is 14.4 Å². The molecule has 6 nitrogen and oxygen atoms in total. The third kappa shape index (κ3) is 61.3. The zero-order valence-electron chi connectivity index (χ0n) is 49.6. The van der Waals surface area contributed by atoms with Gasteiger partial charge in [-0.05, 0) is 96.3 Å². The molecule has 1 unspecified atom stereocenters. The summed E-state index contributed by atoms with van der Waals surface area (Å²) in [4.78, 5) is 38.3. The Balaban J connectivity index is 4.39. The molecule has 0 aromatic rings. The van der Waals surface area contributed by atoms with Gasteiger partial charge < -0.3 is 14.2 Å². The predicted molar refractivity (Wildman–Crippen MR) is 325 cm³/mol. The van der Waals surface area contributed by atoms with Gasteiger partial charge >= 0.3 is 17.9 Å². The van der Waals surface area contributed by atoms with Crippen LogP contribution in [0.1, 0.15) is 316 Å². The number of rotatable bonds is 58. The Morgan fingerprint density at radius 1 is 0.280 bits per heavy atom. The van der Waals surface area contributed by atoms with Gasteiger partial charge in [0.1, 0.15) is 13.2 Å². The van der Waals surface area contributed by atoms with E-state index in [0.717, 1.165) is 109 Å². The zero-order chi connectivity index (χ0) is 54.3. The van der Waals surface area contributed by atoms with Crippen molar-refractivity contribution < 1.29 is 28.6 Å². The van der Waals surface area contributed by atoms with E-state index in [-0.39, 0.29) is 31.1 Å². The molecule has 432 valence electrons. The first kappa shape index (κ1) is 71.6. The van der Waals surface area contributed by atoms with Gasteiger partial charge in [0.25, 0.3) is 0 Å². The summed E-state index contributed by atoms with van der Waals surface area (Å²) in [5.74, 6) is -0.885. The Morgan fingerprint density at radius 3 is 0.827 bits per heavy atom. The van der Waals surface area contributed by atoms with E-state index in [1.165, 1.54) is 167 Å². The molecule has 0 aromatic carbocycles. The lowest BCUT2D eigenvalue weighted by Gasteiger charge is -2.18. The van der Waals surface area contributed by atoms with Gasteiger partial charge in [-0.15, -0.1) is 0 Å². The highest BCUT2D eigenvalue weighted by atomic mass is 16.6. The first-order valence-corrected chi connectivity index (χ1v) is 32.1. The number of allylic oxidation sites excluding steroid dienone is 14. The van der Waals surface area contributed by atoms with E-state index in [2.05, 4.69) is 106 Å². The van der Waals surface area contributed by atoms with Crippen molar-refractivity contribution in [2.24, 2.45) is 0 Å². The Labute approximate surface area is 465 Å². The summed E-state index contributed by atoms with van der Waals surface area (Å²) in [5.41, 5.74) is 0. The van der Waals surface area contributed by atoms with Crippen LogP contribution in [-0.4, -0.2) is 37.2 Å². The number of ether oxygens (including phenoxy) is 3. The molecule has 75 heavy (non-hydrogen) atoms. The second-order valence-electron chi connectivity index (χ2n) is 21.3. The second-order valence-corrected chi connectivity index (χ2v) is 21.3. The van der Waals surface area contributed by atoms with Crippen LogP contribution in [0.15, 0.2) is 85.1 Å². The summed E-state index contributed by atoms with van der Waals surface area (Å²) in [6.07, 6.45) is 82.9. The molecule has 0 saturated carbocycles. The van der Waals surface area contributed by atoms with E-state index < -0.39 is 6.10 Å². The van der Waals surface area contributed by atoms with E-state index in [1.807, 2.05) is 0 Å². The first-order valence-electron chi connectivity index (χ1n) is 32.1. The minimum Gasteiger partial charge on any atom is -0.462 e. The SMILES string of the molecule is CC/C=C\C/C=C\C/C=C\C/C=C\C/C=C\CCCCCCCCCC(=O)OCC(COC(=O)CCCCCCCCCCCCCCCCCC)OC(=O)CCCCCCCCC/C=C\C/C=C\CCCCCC. The summed E-state index contributed by atoms with van der Waals surface area (Å²) in [6, 6.07) is 0. The monoisotopic (exact) mass is 1040 g/mol. The summed E-state index contributed by atoms with van der Waals surface area (Å²) in [7, 11) is 0. The number of unbranched alkanes of at least 4 members (excludes halogenated alkanes) is 33. The van der Waals surface area contributed by atoms with Crippen molar-refractivity contribution in [1.82, 2.24) is 0 Å². The number of hydrogen-bond acceptors (Lipinski definition) is 6. The maximum absolute atomic E-state index is 12.9. The predicted octanol–water partition coefficient (Wildman–Crippen LogP) is 21.9. The highest BCUT2D eigenvalue weighted by molar-refractivity contribution is 5.71. The fraction of sp³-hybridized carbons (Fsp3) is 0.754. The summed E-state index contributed by atoms with van der Waals surface area (Å²) in [6.45, 7) is 6.53. The molecule has 0 spiro atoms. The van der Waals surface area contributed by atoms with E-state index in [1.54, 1.807) is 0 Å². The van der Waals surface area contributed by atoms with E-state index in [0.29, 0.717) is 19.3 Å². The molecule has 1 atom stereocenters. The van der Waals surface area contributed by atoms with Gasteiger partial charge in [-0.25, -0.2) is 0 Å². The summed E-state index contributed by atoms with van der Waals surface area (Å²) < 4.78 is 16.9. The molecule has 0 aliphatic heterocycles. The molecule has 0 saturated heterocycles.